The predicted molar refractivity (Wildman–Crippen MR) is 57.6 cm³/mol. The molecule has 3 heteroatoms. The third-order valence-electron chi connectivity index (χ3n) is 1.90. The average Bonchev–Trinajstić information content (AvgIpc) is 2.26. The van der Waals surface area contributed by atoms with E-state index in [1.165, 1.54) is 0 Å². The number of hydrogen-bond acceptors (Lipinski definition) is 3. The molecule has 0 aromatic heterocycles. The van der Waals surface area contributed by atoms with Gasteiger partial charge in [0.2, 0.25) is 0 Å². The molecule has 0 saturated carbocycles. The summed E-state index contributed by atoms with van der Waals surface area (Å²) in [5, 5.41) is 0. The van der Waals surface area contributed by atoms with Crippen molar-refractivity contribution in [2.45, 2.75) is 13.5 Å². The highest BCUT2D eigenvalue weighted by Gasteiger charge is 2.06. The lowest BCUT2D eigenvalue weighted by Crippen LogP contribution is -2.05. The topological polar surface area (TPSA) is 35.5 Å². The Bertz CT molecular complexity index is 369. The van der Waals surface area contributed by atoms with Gasteiger partial charge in [0, 0.05) is 11.1 Å². The number of carbonyl (C=O) groups is 1. The smallest absolute Gasteiger partial charge is 0.333 e. The van der Waals surface area contributed by atoms with Gasteiger partial charge in [0.1, 0.15) is 12.4 Å². The molecule has 0 heterocycles. The Balaban J connectivity index is 2.65. The van der Waals surface area contributed by atoms with Gasteiger partial charge in [-0.15, -0.1) is 0 Å². The summed E-state index contributed by atoms with van der Waals surface area (Å²) < 4.78 is 10.1. The second-order valence-corrected chi connectivity index (χ2v) is 3.17. The van der Waals surface area contributed by atoms with Gasteiger partial charge in [-0.05, 0) is 13.0 Å². The fraction of sp³-hybridized carbons (Fsp3) is 0.250. The highest BCUT2D eigenvalue weighted by molar-refractivity contribution is 5.86. The lowest BCUT2D eigenvalue weighted by Gasteiger charge is -2.08. The summed E-state index contributed by atoms with van der Waals surface area (Å²) in [6.07, 6.45) is 0. The summed E-state index contributed by atoms with van der Waals surface area (Å²) in [5.41, 5.74) is 1.24. The number of benzene rings is 1. The van der Waals surface area contributed by atoms with Gasteiger partial charge in [-0.25, -0.2) is 4.79 Å². The Morgan fingerprint density at radius 3 is 2.67 bits per heavy atom. The molecule has 3 nitrogen and oxygen atoms in total. The Morgan fingerprint density at radius 1 is 1.40 bits per heavy atom. The third-order valence-corrected chi connectivity index (χ3v) is 1.90. The second-order valence-electron chi connectivity index (χ2n) is 3.17. The molecule has 0 aliphatic rings. The van der Waals surface area contributed by atoms with Crippen LogP contribution < -0.4 is 4.74 Å². The Kier molecular flexibility index (Phi) is 3.92. The van der Waals surface area contributed by atoms with Gasteiger partial charge in [-0.3, -0.25) is 0 Å². The highest BCUT2D eigenvalue weighted by Crippen LogP contribution is 2.18. The average molecular weight is 206 g/mol. The molecular weight excluding hydrogens is 192 g/mol. The molecule has 1 rings (SSSR count). The van der Waals surface area contributed by atoms with Crippen molar-refractivity contribution < 1.29 is 14.3 Å². The van der Waals surface area contributed by atoms with Crippen molar-refractivity contribution in [3.05, 3.63) is 42.0 Å². The molecule has 0 atom stereocenters. The van der Waals surface area contributed by atoms with Crippen molar-refractivity contribution in [3.8, 4) is 5.75 Å². The predicted octanol–water partition coefficient (Wildman–Crippen LogP) is 2.31. The van der Waals surface area contributed by atoms with Gasteiger partial charge in [0.15, 0.2) is 0 Å². The molecule has 0 radical (unpaired) electrons. The fourth-order valence-corrected chi connectivity index (χ4v) is 1.09. The molecule has 0 bridgehead atoms. The molecule has 0 spiro atoms. The molecule has 0 unspecified atom stereocenters. The monoisotopic (exact) mass is 206 g/mol. The van der Waals surface area contributed by atoms with Crippen molar-refractivity contribution in [3.63, 3.8) is 0 Å². The number of para-hydroxylation sites is 1. The number of hydrogen-bond donors (Lipinski definition) is 0. The molecule has 15 heavy (non-hydrogen) atoms. The van der Waals surface area contributed by atoms with E-state index < -0.39 is 0 Å². The van der Waals surface area contributed by atoms with Gasteiger partial charge in [-0.1, -0.05) is 24.8 Å². The first kappa shape index (κ1) is 11.3. The van der Waals surface area contributed by atoms with E-state index in [0.717, 1.165) is 5.56 Å². The van der Waals surface area contributed by atoms with Gasteiger partial charge in [0.25, 0.3) is 0 Å². The second kappa shape index (κ2) is 5.20. The number of esters is 1. The molecule has 0 N–H and O–H groups in total. The molecule has 0 fully saturated rings. The number of methoxy groups -OCH3 is 1. The summed E-state index contributed by atoms with van der Waals surface area (Å²) in [6, 6.07) is 7.41. The third kappa shape index (κ3) is 3.13. The van der Waals surface area contributed by atoms with Crippen LogP contribution in [-0.4, -0.2) is 13.1 Å². The first-order valence-electron chi connectivity index (χ1n) is 4.59. The van der Waals surface area contributed by atoms with Crippen LogP contribution >= 0.6 is 0 Å². The van der Waals surface area contributed by atoms with Crippen LogP contribution in [0.25, 0.3) is 0 Å². The summed E-state index contributed by atoms with van der Waals surface area (Å²) >= 11 is 0. The summed E-state index contributed by atoms with van der Waals surface area (Å²) in [7, 11) is 1.58. The Morgan fingerprint density at radius 2 is 2.07 bits per heavy atom. The van der Waals surface area contributed by atoms with Crippen molar-refractivity contribution in [1.82, 2.24) is 0 Å². The van der Waals surface area contributed by atoms with E-state index in [0.29, 0.717) is 11.3 Å². The molecule has 0 aliphatic heterocycles. The zero-order valence-corrected chi connectivity index (χ0v) is 8.95. The standard InChI is InChI=1S/C12H14O3/c1-9(2)12(13)15-8-10-6-4-5-7-11(10)14-3/h4-7H,1,8H2,2-3H3. The van der Waals surface area contributed by atoms with Gasteiger partial charge < -0.3 is 9.47 Å². The van der Waals surface area contributed by atoms with Crippen molar-refractivity contribution in [2.75, 3.05) is 7.11 Å². The number of ether oxygens (including phenoxy) is 2. The maximum absolute atomic E-state index is 11.2. The molecule has 80 valence electrons. The molecule has 0 aliphatic carbocycles. The summed E-state index contributed by atoms with van der Waals surface area (Å²) in [5.74, 6) is 0.327. The van der Waals surface area contributed by atoms with Crippen LogP contribution in [0.3, 0.4) is 0 Å². The van der Waals surface area contributed by atoms with Gasteiger partial charge in [-0.2, -0.15) is 0 Å². The molecule has 0 amide bonds. The first-order valence-corrected chi connectivity index (χ1v) is 4.59. The zero-order valence-electron chi connectivity index (χ0n) is 8.95. The molecular formula is C12H14O3. The van der Waals surface area contributed by atoms with Crippen LogP contribution in [0.2, 0.25) is 0 Å². The quantitative estimate of drug-likeness (QED) is 0.560. The van der Waals surface area contributed by atoms with Crippen LogP contribution in [0.1, 0.15) is 12.5 Å². The number of carbonyl (C=O) groups excluding carboxylic acids is 1. The van der Waals surface area contributed by atoms with Crippen molar-refractivity contribution in [1.29, 1.82) is 0 Å². The fourth-order valence-electron chi connectivity index (χ4n) is 1.09. The minimum absolute atomic E-state index is 0.204. The van der Waals surface area contributed by atoms with Crippen LogP contribution in [-0.2, 0) is 16.1 Å². The van der Waals surface area contributed by atoms with Crippen LogP contribution in [0.4, 0.5) is 0 Å². The van der Waals surface area contributed by atoms with Gasteiger partial charge in [0.05, 0.1) is 7.11 Å². The van der Waals surface area contributed by atoms with Gasteiger partial charge >= 0.3 is 5.97 Å². The SMILES string of the molecule is C=C(C)C(=O)OCc1ccccc1OC. The normalized spacial score (nSPS) is 9.47. The maximum Gasteiger partial charge on any atom is 0.333 e. The zero-order chi connectivity index (χ0) is 11.3. The van der Waals surface area contributed by atoms with E-state index in [1.54, 1.807) is 14.0 Å². The molecule has 1 aromatic carbocycles. The lowest BCUT2D eigenvalue weighted by atomic mass is 10.2. The summed E-state index contributed by atoms with van der Waals surface area (Å²) in [4.78, 5) is 11.2. The Labute approximate surface area is 89.3 Å². The minimum Gasteiger partial charge on any atom is -0.496 e. The van der Waals surface area contributed by atoms with E-state index in [2.05, 4.69) is 6.58 Å². The Hall–Kier alpha value is -1.77. The largest absolute Gasteiger partial charge is 0.496 e. The van der Waals surface area contributed by atoms with Crippen molar-refractivity contribution in [2.24, 2.45) is 0 Å². The van der Waals surface area contributed by atoms with Crippen LogP contribution in [0.5, 0.6) is 5.75 Å². The summed E-state index contributed by atoms with van der Waals surface area (Å²) in [6.45, 7) is 5.32. The van der Waals surface area contributed by atoms with Crippen LogP contribution in [0, 0.1) is 0 Å². The van der Waals surface area contributed by atoms with E-state index in [9.17, 15) is 4.79 Å². The maximum atomic E-state index is 11.2. The van der Waals surface area contributed by atoms with E-state index in [1.807, 2.05) is 24.3 Å². The molecule has 0 saturated heterocycles. The van der Waals surface area contributed by atoms with Crippen LogP contribution in [0.15, 0.2) is 36.4 Å². The van der Waals surface area contributed by atoms with E-state index in [4.69, 9.17) is 9.47 Å². The highest BCUT2D eigenvalue weighted by atomic mass is 16.5. The van der Waals surface area contributed by atoms with Crippen molar-refractivity contribution >= 4 is 5.97 Å². The minimum atomic E-state index is -0.388. The number of rotatable bonds is 4. The lowest BCUT2D eigenvalue weighted by molar-refractivity contribution is -0.140. The van der Waals surface area contributed by atoms with E-state index >= 15 is 0 Å². The van der Waals surface area contributed by atoms with E-state index in [-0.39, 0.29) is 12.6 Å². The molecule has 1 aromatic rings. The first-order chi connectivity index (χ1) is 7.15.